The quantitative estimate of drug-likeness (QED) is 0.269. The number of carbonyl (C=O) groups excluding carboxylic acids is 2. The molecule has 0 spiro atoms. The van der Waals surface area contributed by atoms with Crippen LogP contribution in [0.1, 0.15) is 103 Å². The zero-order chi connectivity index (χ0) is 37.7. The molecule has 51 heavy (non-hydrogen) atoms. The number of carbonyl (C=O) groups is 2. The summed E-state index contributed by atoms with van der Waals surface area (Å²) in [6, 6.07) is 12.6. The van der Waals surface area contributed by atoms with Crippen molar-refractivity contribution in [1.82, 2.24) is 25.4 Å². The average molecular weight is 728 g/mol. The molecule has 11 nitrogen and oxygen atoms in total. The van der Waals surface area contributed by atoms with Crippen LogP contribution in [0.25, 0.3) is 0 Å². The first-order valence-corrected chi connectivity index (χ1v) is 20.2. The van der Waals surface area contributed by atoms with E-state index in [0.29, 0.717) is 44.4 Å². The Morgan fingerprint density at radius 1 is 0.980 bits per heavy atom. The predicted molar refractivity (Wildman–Crippen MR) is 201 cm³/mol. The maximum Gasteiger partial charge on any atom is 0.407 e. The summed E-state index contributed by atoms with van der Waals surface area (Å²) >= 11 is 0. The van der Waals surface area contributed by atoms with Crippen LogP contribution in [-0.4, -0.2) is 107 Å². The standard InChI is InChI=1S/C39H61N5O6S/c1-25(2)30-20-29(21-31(40-30)26(3)4)22-43-16-17-44(33(23-43)37(46)42-39(7,8)9)24-34(45)32(19-28-13-11-10-12-14-28)41-38(47)50-35-15-18-51(48,49)36(35)27(5)6/h10-14,20-21,25-27,32-36,45H,15-19,22-24H2,1-9H3,(H,41,47)(H,42,46)/t32-,33-,34+,35+,36+/m0/s1. The molecular formula is C39H61N5O6S. The number of hydrogen-bond acceptors (Lipinski definition) is 9. The highest BCUT2D eigenvalue weighted by atomic mass is 32.2. The number of aliphatic hydroxyl groups is 1. The van der Waals surface area contributed by atoms with E-state index in [-0.39, 0.29) is 30.5 Å². The number of nitrogens with one attached hydrogen (secondary N) is 2. The molecule has 0 saturated carbocycles. The second-order valence-corrected chi connectivity index (χ2v) is 18.7. The van der Waals surface area contributed by atoms with Gasteiger partial charge in [-0.15, -0.1) is 0 Å². The number of β-amino-alcohol motifs (C(OH)–C–C–N with tert-alkyl or cyclic N) is 1. The number of aliphatic hydroxyl groups excluding tert-OH is 1. The minimum absolute atomic E-state index is 0.0210. The summed E-state index contributed by atoms with van der Waals surface area (Å²) in [6.07, 6.45) is -1.99. The van der Waals surface area contributed by atoms with Crippen LogP contribution in [0.15, 0.2) is 42.5 Å². The van der Waals surface area contributed by atoms with Crippen LogP contribution in [0.5, 0.6) is 0 Å². The van der Waals surface area contributed by atoms with Gasteiger partial charge in [-0.1, -0.05) is 71.9 Å². The Hall–Kier alpha value is -3.06. The Balaban J connectivity index is 1.53. The number of rotatable bonds is 13. The maximum atomic E-state index is 13.9. The monoisotopic (exact) mass is 727 g/mol. The smallest absolute Gasteiger partial charge is 0.407 e. The predicted octanol–water partition coefficient (Wildman–Crippen LogP) is 4.64. The number of hydrogen-bond donors (Lipinski definition) is 3. The lowest BCUT2D eigenvalue weighted by Gasteiger charge is -2.43. The molecule has 12 heteroatoms. The van der Waals surface area contributed by atoms with Crippen molar-refractivity contribution in [1.29, 1.82) is 0 Å². The summed E-state index contributed by atoms with van der Waals surface area (Å²) in [4.78, 5) is 36.4. The Morgan fingerprint density at radius 2 is 1.61 bits per heavy atom. The molecule has 2 amide bonds. The molecule has 0 unspecified atom stereocenters. The average Bonchev–Trinajstić information content (AvgIpc) is 3.33. The third-order valence-electron chi connectivity index (χ3n) is 9.76. The minimum atomic E-state index is -3.36. The van der Waals surface area contributed by atoms with Crippen molar-refractivity contribution in [2.45, 2.75) is 129 Å². The highest BCUT2D eigenvalue weighted by Crippen LogP contribution is 2.30. The maximum absolute atomic E-state index is 13.9. The summed E-state index contributed by atoms with van der Waals surface area (Å²) in [6.45, 7) is 20.6. The number of benzene rings is 1. The van der Waals surface area contributed by atoms with Gasteiger partial charge in [0.15, 0.2) is 9.84 Å². The lowest BCUT2D eigenvalue weighted by molar-refractivity contribution is -0.131. The van der Waals surface area contributed by atoms with E-state index in [0.717, 1.165) is 17.0 Å². The Kier molecular flexibility index (Phi) is 13.7. The summed E-state index contributed by atoms with van der Waals surface area (Å²) in [7, 11) is -3.36. The highest BCUT2D eigenvalue weighted by Gasteiger charge is 2.45. The normalized spacial score (nSPS) is 22.6. The number of nitrogens with zero attached hydrogens (tertiary/aromatic N) is 3. The first kappa shape index (κ1) is 40.7. The van der Waals surface area contributed by atoms with Gasteiger partial charge in [-0.3, -0.25) is 19.6 Å². The van der Waals surface area contributed by atoms with E-state index in [4.69, 9.17) is 9.72 Å². The van der Waals surface area contributed by atoms with E-state index in [9.17, 15) is 23.1 Å². The molecule has 2 aliphatic heterocycles. The fraction of sp³-hybridized carbons (Fsp3) is 0.667. The molecule has 2 aliphatic rings. The third-order valence-corrected chi connectivity index (χ3v) is 12.2. The Bertz CT molecular complexity index is 1550. The second-order valence-electron chi connectivity index (χ2n) is 16.4. The topological polar surface area (TPSA) is 141 Å². The second kappa shape index (κ2) is 17.2. The van der Waals surface area contributed by atoms with Crippen molar-refractivity contribution in [3.05, 3.63) is 65.0 Å². The molecule has 3 N–H and O–H groups in total. The number of piperazine rings is 1. The molecule has 4 rings (SSSR count). The molecule has 1 aromatic carbocycles. The fourth-order valence-corrected chi connectivity index (χ4v) is 9.46. The molecular weight excluding hydrogens is 667 g/mol. The van der Waals surface area contributed by atoms with Crippen LogP contribution in [-0.2, 0) is 32.3 Å². The van der Waals surface area contributed by atoms with Gasteiger partial charge in [-0.2, -0.15) is 0 Å². The molecule has 1 aromatic heterocycles. The number of aromatic nitrogens is 1. The highest BCUT2D eigenvalue weighted by molar-refractivity contribution is 7.92. The Morgan fingerprint density at radius 3 is 2.18 bits per heavy atom. The van der Waals surface area contributed by atoms with E-state index in [1.54, 1.807) is 0 Å². The largest absolute Gasteiger partial charge is 0.445 e. The zero-order valence-electron chi connectivity index (χ0n) is 32.1. The lowest BCUT2D eigenvalue weighted by atomic mass is 9.99. The number of sulfone groups is 1. The van der Waals surface area contributed by atoms with Gasteiger partial charge in [0, 0.05) is 49.7 Å². The summed E-state index contributed by atoms with van der Waals surface area (Å²) in [5.41, 5.74) is 3.75. The molecule has 2 fully saturated rings. The number of ether oxygens (including phenoxy) is 1. The Labute approximate surface area is 305 Å². The molecule has 0 bridgehead atoms. The van der Waals surface area contributed by atoms with Gasteiger partial charge in [-0.25, -0.2) is 13.2 Å². The van der Waals surface area contributed by atoms with Crippen molar-refractivity contribution in [3.63, 3.8) is 0 Å². The molecule has 2 saturated heterocycles. The SMILES string of the molecule is CC(C)c1cc(CN2CCN(C[C@@H](O)[C@H](Cc3ccccc3)NC(=O)O[C@@H]3CCS(=O)(=O)[C@@H]3C(C)C)[C@H](C(=O)NC(C)(C)C)C2)cc(C(C)C)n1. The van der Waals surface area contributed by atoms with Crippen molar-refractivity contribution in [3.8, 4) is 0 Å². The fourth-order valence-electron chi connectivity index (χ4n) is 7.14. The molecule has 2 aromatic rings. The summed E-state index contributed by atoms with van der Waals surface area (Å²) < 4.78 is 31.1. The van der Waals surface area contributed by atoms with E-state index < -0.39 is 51.0 Å². The molecule has 284 valence electrons. The minimum Gasteiger partial charge on any atom is -0.445 e. The molecule has 0 radical (unpaired) electrons. The van der Waals surface area contributed by atoms with Gasteiger partial charge >= 0.3 is 6.09 Å². The first-order valence-electron chi connectivity index (χ1n) is 18.5. The van der Waals surface area contributed by atoms with Crippen LogP contribution in [0.2, 0.25) is 0 Å². The van der Waals surface area contributed by atoms with E-state index >= 15 is 0 Å². The van der Waals surface area contributed by atoms with Crippen molar-refractivity contribution < 1.29 is 27.9 Å². The van der Waals surface area contributed by atoms with Crippen LogP contribution in [0.3, 0.4) is 0 Å². The van der Waals surface area contributed by atoms with E-state index in [2.05, 4.69) is 55.4 Å². The first-order chi connectivity index (χ1) is 23.8. The van der Waals surface area contributed by atoms with Gasteiger partial charge < -0.3 is 20.5 Å². The van der Waals surface area contributed by atoms with Gasteiger partial charge in [0.05, 0.1) is 17.9 Å². The van der Waals surface area contributed by atoms with Crippen LogP contribution >= 0.6 is 0 Å². The molecule has 5 atom stereocenters. The van der Waals surface area contributed by atoms with Crippen LogP contribution in [0, 0.1) is 5.92 Å². The van der Waals surface area contributed by atoms with Gasteiger partial charge in [-0.05, 0) is 74.6 Å². The summed E-state index contributed by atoms with van der Waals surface area (Å²) in [5, 5.41) is 17.0. The molecule has 3 heterocycles. The summed E-state index contributed by atoms with van der Waals surface area (Å²) in [5.74, 6) is 0.248. The number of pyridine rings is 1. The van der Waals surface area contributed by atoms with E-state index in [1.807, 2.05) is 69.9 Å². The number of alkyl carbamates (subject to hydrolysis) is 1. The van der Waals surface area contributed by atoms with Crippen LogP contribution in [0.4, 0.5) is 4.79 Å². The van der Waals surface area contributed by atoms with Crippen LogP contribution < -0.4 is 10.6 Å². The number of amides is 2. The van der Waals surface area contributed by atoms with Gasteiger partial charge in [0.2, 0.25) is 5.91 Å². The lowest BCUT2D eigenvalue weighted by Crippen LogP contribution is -2.63. The van der Waals surface area contributed by atoms with Gasteiger partial charge in [0.1, 0.15) is 17.4 Å². The zero-order valence-corrected chi connectivity index (χ0v) is 32.9. The van der Waals surface area contributed by atoms with E-state index in [1.165, 1.54) is 5.56 Å². The van der Waals surface area contributed by atoms with Crippen molar-refractivity contribution >= 4 is 21.8 Å². The molecule has 0 aliphatic carbocycles. The van der Waals surface area contributed by atoms with Crippen molar-refractivity contribution in [2.75, 3.05) is 31.9 Å². The third kappa shape index (κ3) is 11.5. The van der Waals surface area contributed by atoms with Gasteiger partial charge in [0.25, 0.3) is 0 Å². The van der Waals surface area contributed by atoms with Crippen molar-refractivity contribution in [2.24, 2.45) is 5.92 Å².